The quantitative estimate of drug-likeness (QED) is 0.749. The van der Waals surface area contributed by atoms with Crippen LogP contribution in [0.3, 0.4) is 0 Å². The molecule has 0 spiro atoms. The molecule has 2 rings (SSSR count). The van der Waals surface area contributed by atoms with Crippen LogP contribution in [0, 0.1) is 6.92 Å². The first-order chi connectivity index (χ1) is 10.5. The van der Waals surface area contributed by atoms with Crippen LogP contribution in [0.25, 0.3) is 0 Å². The molecule has 0 saturated carbocycles. The largest absolute Gasteiger partial charge is 0.496 e. The van der Waals surface area contributed by atoms with Gasteiger partial charge in [-0.05, 0) is 24.5 Å². The van der Waals surface area contributed by atoms with Gasteiger partial charge in [0.15, 0.2) is 0 Å². The van der Waals surface area contributed by atoms with Crippen molar-refractivity contribution in [2.45, 2.75) is 19.8 Å². The third-order valence-corrected chi connectivity index (χ3v) is 3.69. The molecule has 1 saturated heterocycles. The van der Waals surface area contributed by atoms with Gasteiger partial charge in [0, 0.05) is 12.1 Å². The minimum absolute atomic E-state index is 0.167. The number of rotatable bonds is 6. The second-order valence-electron chi connectivity index (χ2n) is 5.21. The second-order valence-corrected chi connectivity index (χ2v) is 5.21. The molecule has 1 aromatic carbocycles. The fraction of sp³-hybridized carbons (Fsp3) is 0.500. The maximum atomic E-state index is 11.5. The Hall–Kier alpha value is -2.24. The number of amides is 1. The highest BCUT2D eigenvalue weighted by Crippen LogP contribution is 2.26. The summed E-state index contributed by atoms with van der Waals surface area (Å²) in [5.74, 6) is 0.396. The van der Waals surface area contributed by atoms with E-state index in [1.165, 1.54) is 7.11 Å². The highest BCUT2D eigenvalue weighted by Gasteiger charge is 2.21. The average Bonchev–Trinajstić information content (AvgIpc) is 2.90. The van der Waals surface area contributed by atoms with E-state index in [1.807, 2.05) is 19.1 Å². The maximum Gasteiger partial charge on any atom is 0.409 e. The van der Waals surface area contributed by atoms with E-state index < -0.39 is 0 Å². The lowest BCUT2D eigenvalue weighted by atomic mass is 10.0. The van der Waals surface area contributed by atoms with Gasteiger partial charge in [-0.3, -0.25) is 4.79 Å². The van der Waals surface area contributed by atoms with E-state index in [0.717, 1.165) is 16.7 Å². The van der Waals surface area contributed by atoms with Crippen LogP contribution in [0.5, 0.6) is 5.75 Å². The monoisotopic (exact) mass is 307 g/mol. The zero-order valence-electron chi connectivity index (χ0n) is 13.2. The fourth-order valence-corrected chi connectivity index (χ4v) is 2.62. The van der Waals surface area contributed by atoms with E-state index in [-0.39, 0.29) is 18.5 Å². The lowest BCUT2D eigenvalue weighted by Crippen LogP contribution is -2.26. The zero-order valence-corrected chi connectivity index (χ0v) is 13.2. The summed E-state index contributed by atoms with van der Waals surface area (Å²) in [4.78, 5) is 24.7. The molecule has 0 unspecified atom stereocenters. The highest BCUT2D eigenvalue weighted by atomic mass is 16.6. The number of hydrogen-bond donors (Lipinski definition) is 0. The Morgan fingerprint density at radius 2 is 2.14 bits per heavy atom. The van der Waals surface area contributed by atoms with E-state index in [9.17, 15) is 9.59 Å². The lowest BCUT2D eigenvalue weighted by molar-refractivity contribution is -0.139. The van der Waals surface area contributed by atoms with Crippen molar-refractivity contribution >= 4 is 12.1 Å². The molecule has 0 bridgehead atoms. The number of esters is 1. The summed E-state index contributed by atoms with van der Waals surface area (Å²) in [6, 6.07) is 3.95. The Morgan fingerprint density at radius 3 is 2.73 bits per heavy atom. The number of benzene rings is 1. The predicted octanol–water partition coefficient (Wildman–Crippen LogP) is 1.71. The molecule has 0 atom stereocenters. The Morgan fingerprint density at radius 1 is 1.36 bits per heavy atom. The summed E-state index contributed by atoms with van der Waals surface area (Å²) < 4.78 is 15.0. The number of ether oxygens (including phenoxy) is 3. The zero-order chi connectivity index (χ0) is 16.1. The lowest BCUT2D eigenvalue weighted by Gasteiger charge is -2.16. The minimum atomic E-state index is -0.307. The molecule has 1 heterocycles. The first-order valence-corrected chi connectivity index (χ1v) is 7.20. The minimum Gasteiger partial charge on any atom is -0.496 e. The fourth-order valence-electron chi connectivity index (χ4n) is 2.62. The van der Waals surface area contributed by atoms with Crippen molar-refractivity contribution < 1.29 is 23.8 Å². The molecule has 1 aliphatic rings. The third kappa shape index (κ3) is 3.69. The van der Waals surface area contributed by atoms with Crippen molar-refractivity contribution in [3.05, 3.63) is 28.8 Å². The maximum absolute atomic E-state index is 11.5. The summed E-state index contributed by atoms with van der Waals surface area (Å²) in [6.07, 6.45) is 0.605. The summed E-state index contributed by atoms with van der Waals surface area (Å²) >= 11 is 0. The molecule has 0 aromatic heterocycles. The van der Waals surface area contributed by atoms with Crippen molar-refractivity contribution in [2.75, 3.05) is 33.9 Å². The van der Waals surface area contributed by atoms with Gasteiger partial charge in [0.1, 0.15) is 12.4 Å². The number of hydrogen-bond acceptors (Lipinski definition) is 5. The summed E-state index contributed by atoms with van der Waals surface area (Å²) in [5.41, 5.74) is 2.81. The number of methoxy groups -OCH3 is 2. The third-order valence-electron chi connectivity index (χ3n) is 3.69. The van der Waals surface area contributed by atoms with Crippen LogP contribution < -0.4 is 4.74 Å². The van der Waals surface area contributed by atoms with Crippen molar-refractivity contribution in [1.82, 2.24) is 4.90 Å². The number of carbonyl (C=O) groups excluding carboxylic acids is 2. The smallest absolute Gasteiger partial charge is 0.409 e. The number of carbonyl (C=O) groups is 2. The Balaban J connectivity index is 2.14. The molecule has 120 valence electrons. The summed E-state index contributed by atoms with van der Waals surface area (Å²) in [6.45, 7) is 3.62. The number of nitrogens with zero attached hydrogens (tertiary/aromatic N) is 1. The van der Waals surface area contributed by atoms with Gasteiger partial charge >= 0.3 is 12.1 Å². The molecular formula is C16H21NO5. The molecule has 0 radical (unpaired) electrons. The van der Waals surface area contributed by atoms with Crippen molar-refractivity contribution in [3.63, 3.8) is 0 Å². The van der Waals surface area contributed by atoms with Crippen molar-refractivity contribution in [3.8, 4) is 5.75 Å². The topological polar surface area (TPSA) is 65.1 Å². The van der Waals surface area contributed by atoms with E-state index in [4.69, 9.17) is 14.2 Å². The van der Waals surface area contributed by atoms with Gasteiger partial charge in [-0.2, -0.15) is 0 Å². The highest BCUT2D eigenvalue weighted by molar-refractivity contribution is 5.74. The molecule has 6 heteroatoms. The van der Waals surface area contributed by atoms with Crippen LogP contribution in [0.2, 0.25) is 0 Å². The van der Waals surface area contributed by atoms with Crippen LogP contribution in [0.15, 0.2) is 12.1 Å². The van der Waals surface area contributed by atoms with Crippen LogP contribution >= 0.6 is 0 Å². The van der Waals surface area contributed by atoms with Crippen LogP contribution in [-0.2, 0) is 27.1 Å². The number of aryl methyl sites for hydroxylation is 1. The van der Waals surface area contributed by atoms with Gasteiger partial charge < -0.3 is 19.1 Å². The van der Waals surface area contributed by atoms with Crippen molar-refractivity contribution in [1.29, 1.82) is 0 Å². The van der Waals surface area contributed by atoms with E-state index >= 15 is 0 Å². The SMILES string of the molecule is COC(=O)Cc1cc(CCN2CCOC2=O)cc(C)c1OC. The van der Waals surface area contributed by atoms with Gasteiger partial charge in [-0.15, -0.1) is 0 Å². The Bertz CT molecular complexity index is 570. The Labute approximate surface area is 129 Å². The first-order valence-electron chi connectivity index (χ1n) is 7.20. The molecular weight excluding hydrogens is 286 g/mol. The van der Waals surface area contributed by atoms with Gasteiger partial charge in [0.2, 0.25) is 0 Å². The molecule has 1 aliphatic heterocycles. The molecule has 6 nitrogen and oxygen atoms in total. The van der Waals surface area contributed by atoms with Crippen LogP contribution in [0.4, 0.5) is 4.79 Å². The van der Waals surface area contributed by atoms with E-state index in [2.05, 4.69) is 0 Å². The van der Waals surface area contributed by atoms with Crippen molar-refractivity contribution in [2.24, 2.45) is 0 Å². The van der Waals surface area contributed by atoms with Gasteiger partial charge in [-0.1, -0.05) is 12.1 Å². The molecule has 1 aromatic rings. The number of cyclic esters (lactones) is 1. The van der Waals surface area contributed by atoms with E-state index in [0.29, 0.717) is 31.9 Å². The average molecular weight is 307 g/mol. The molecule has 0 aliphatic carbocycles. The normalized spacial score (nSPS) is 14.0. The van der Waals surface area contributed by atoms with Gasteiger partial charge in [0.25, 0.3) is 0 Å². The molecule has 0 N–H and O–H groups in total. The van der Waals surface area contributed by atoms with Gasteiger partial charge in [0.05, 0.1) is 27.2 Å². The van der Waals surface area contributed by atoms with Gasteiger partial charge in [-0.25, -0.2) is 4.79 Å². The molecule has 22 heavy (non-hydrogen) atoms. The summed E-state index contributed by atoms with van der Waals surface area (Å²) in [5, 5.41) is 0. The van der Waals surface area contributed by atoms with Crippen LogP contribution in [-0.4, -0.2) is 50.9 Å². The van der Waals surface area contributed by atoms with Crippen LogP contribution in [0.1, 0.15) is 16.7 Å². The Kier molecular flexibility index (Phi) is 5.25. The predicted molar refractivity (Wildman–Crippen MR) is 80.1 cm³/mol. The summed E-state index contributed by atoms with van der Waals surface area (Å²) in [7, 11) is 2.95. The standard InChI is InChI=1S/C16H21NO5/c1-11-8-12(4-5-17-6-7-22-16(17)19)9-13(15(11)21-3)10-14(18)20-2/h8-9H,4-7,10H2,1-3H3. The van der Waals surface area contributed by atoms with E-state index in [1.54, 1.807) is 12.0 Å². The second kappa shape index (κ2) is 7.15. The first kappa shape index (κ1) is 16.1. The molecule has 1 amide bonds. The molecule has 1 fully saturated rings.